The van der Waals surface area contributed by atoms with Crippen molar-refractivity contribution in [2.75, 3.05) is 45.8 Å². The van der Waals surface area contributed by atoms with E-state index in [1.807, 2.05) is 0 Å². The zero-order valence-electron chi connectivity index (χ0n) is 12.1. The summed E-state index contributed by atoms with van der Waals surface area (Å²) in [5, 5.41) is 18.6. The molecule has 7 heteroatoms. The number of hydrogen-bond acceptors (Lipinski definition) is 4. The summed E-state index contributed by atoms with van der Waals surface area (Å²) in [6.07, 6.45) is 0. The molecule has 2 heterocycles. The second kappa shape index (κ2) is 5.57. The number of carbonyl (C=O) groups excluding carboxylic acids is 1. The smallest absolute Gasteiger partial charge is 0.320 e. The second-order valence-corrected chi connectivity index (χ2v) is 6.30. The lowest BCUT2D eigenvalue weighted by atomic mass is 10.0. The third-order valence-electron chi connectivity index (χ3n) is 3.75. The summed E-state index contributed by atoms with van der Waals surface area (Å²) in [5.74, 6) is -1.24. The van der Waals surface area contributed by atoms with Crippen molar-refractivity contribution in [2.24, 2.45) is 5.92 Å². The number of aliphatic hydroxyl groups is 1. The van der Waals surface area contributed by atoms with Gasteiger partial charge in [0.05, 0.1) is 11.5 Å². The van der Waals surface area contributed by atoms with Gasteiger partial charge in [-0.2, -0.15) is 0 Å². The minimum Gasteiger partial charge on any atom is -0.481 e. The molecule has 2 amide bonds. The molecule has 2 aliphatic heterocycles. The normalized spacial score (nSPS) is 21.8. The zero-order valence-corrected chi connectivity index (χ0v) is 12.1. The van der Waals surface area contributed by atoms with Gasteiger partial charge in [-0.05, 0) is 13.8 Å². The third-order valence-corrected chi connectivity index (χ3v) is 3.75. The molecular weight excluding hydrogens is 262 g/mol. The Balaban J connectivity index is 1.74. The number of urea groups is 1. The highest BCUT2D eigenvalue weighted by Gasteiger charge is 2.38. The number of amides is 2. The molecule has 0 bridgehead atoms. The number of hydrogen-bond donors (Lipinski definition) is 2. The van der Waals surface area contributed by atoms with Crippen molar-refractivity contribution in [3.8, 4) is 0 Å². The number of carbonyl (C=O) groups is 2. The summed E-state index contributed by atoms with van der Waals surface area (Å²) >= 11 is 0. The van der Waals surface area contributed by atoms with Gasteiger partial charge in [0.1, 0.15) is 0 Å². The predicted molar refractivity (Wildman–Crippen MR) is 72.4 cm³/mol. The van der Waals surface area contributed by atoms with Gasteiger partial charge in [0.2, 0.25) is 0 Å². The SMILES string of the molecule is CC(C)(O)CN1CCN(C(=O)N2CC(C(=O)O)C2)CC1. The summed E-state index contributed by atoms with van der Waals surface area (Å²) in [7, 11) is 0. The highest BCUT2D eigenvalue weighted by atomic mass is 16.4. The van der Waals surface area contributed by atoms with Crippen molar-refractivity contribution in [2.45, 2.75) is 19.4 Å². The lowest BCUT2D eigenvalue weighted by molar-refractivity contribution is -0.146. The Kier molecular flexibility index (Phi) is 4.19. The van der Waals surface area contributed by atoms with E-state index >= 15 is 0 Å². The first-order valence-electron chi connectivity index (χ1n) is 6.97. The molecule has 2 fully saturated rings. The van der Waals surface area contributed by atoms with Crippen molar-refractivity contribution in [3.05, 3.63) is 0 Å². The summed E-state index contributed by atoms with van der Waals surface area (Å²) in [5.41, 5.74) is -0.724. The van der Waals surface area contributed by atoms with Crippen LogP contribution in [0.25, 0.3) is 0 Å². The fourth-order valence-electron chi connectivity index (χ4n) is 2.64. The largest absolute Gasteiger partial charge is 0.481 e. The van der Waals surface area contributed by atoms with E-state index < -0.39 is 17.5 Å². The fraction of sp³-hybridized carbons (Fsp3) is 0.846. The van der Waals surface area contributed by atoms with Gasteiger partial charge in [-0.15, -0.1) is 0 Å². The minimum atomic E-state index is -0.830. The number of likely N-dealkylation sites (tertiary alicyclic amines) is 1. The van der Waals surface area contributed by atoms with E-state index in [0.29, 0.717) is 32.7 Å². The minimum absolute atomic E-state index is 0.0644. The maximum absolute atomic E-state index is 12.1. The van der Waals surface area contributed by atoms with Crippen LogP contribution in [-0.4, -0.2) is 88.3 Å². The van der Waals surface area contributed by atoms with E-state index in [4.69, 9.17) is 5.11 Å². The Labute approximate surface area is 118 Å². The van der Waals surface area contributed by atoms with Gasteiger partial charge in [-0.25, -0.2) is 4.79 Å². The van der Waals surface area contributed by atoms with E-state index in [-0.39, 0.29) is 6.03 Å². The highest BCUT2D eigenvalue weighted by molar-refractivity contribution is 5.79. The molecule has 0 saturated carbocycles. The molecule has 114 valence electrons. The number of β-amino-alcohol motifs (C(OH)–C–C–N with tert-alkyl or cyclic N) is 1. The molecule has 0 aromatic rings. The third kappa shape index (κ3) is 3.61. The van der Waals surface area contributed by atoms with Crippen molar-refractivity contribution in [1.29, 1.82) is 0 Å². The van der Waals surface area contributed by atoms with Gasteiger partial charge in [0, 0.05) is 45.8 Å². The van der Waals surface area contributed by atoms with E-state index in [2.05, 4.69) is 4.90 Å². The molecular formula is C13H23N3O4. The van der Waals surface area contributed by atoms with Crippen LogP contribution in [0.1, 0.15) is 13.8 Å². The Morgan fingerprint density at radius 1 is 1.10 bits per heavy atom. The molecule has 0 aromatic carbocycles. The monoisotopic (exact) mass is 285 g/mol. The average Bonchev–Trinajstić information content (AvgIpc) is 2.24. The molecule has 2 rings (SSSR count). The van der Waals surface area contributed by atoms with Gasteiger partial charge in [0.15, 0.2) is 0 Å². The number of rotatable bonds is 3. The van der Waals surface area contributed by atoms with Gasteiger partial charge < -0.3 is 20.0 Å². The van der Waals surface area contributed by atoms with E-state index in [9.17, 15) is 14.7 Å². The number of piperazine rings is 1. The number of nitrogens with zero attached hydrogens (tertiary/aromatic N) is 3. The number of carboxylic acids is 1. The molecule has 0 spiro atoms. The molecule has 0 radical (unpaired) electrons. The molecule has 2 aliphatic rings. The lowest BCUT2D eigenvalue weighted by Crippen LogP contribution is -2.60. The fourth-order valence-corrected chi connectivity index (χ4v) is 2.64. The van der Waals surface area contributed by atoms with Gasteiger partial charge >= 0.3 is 12.0 Å². The Morgan fingerprint density at radius 2 is 1.65 bits per heavy atom. The van der Waals surface area contributed by atoms with Crippen LogP contribution >= 0.6 is 0 Å². The summed E-state index contributed by atoms with van der Waals surface area (Å²) in [4.78, 5) is 28.3. The van der Waals surface area contributed by atoms with Crippen LogP contribution in [0.4, 0.5) is 4.79 Å². The van der Waals surface area contributed by atoms with Crippen molar-refractivity contribution < 1.29 is 19.8 Å². The highest BCUT2D eigenvalue weighted by Crippen LogP contribution is 2.18. The lowest BCUT2D eigenvalue weighted by Gasteiger charge is -2.43. The molecule has 0 aromatic heterocycles. The Hall–Kier alpha value is -1.34. The van der Waals surface area contributed by atoms with Crippen LogP contribution < -0.4 is 0 Å². The summed E-state index contributed by atoms with van der Waals surface area (Å²) < 4.78 is 0. The number of carboxylic acid groups (broad SMARTS) is 1. The van der Waals surface area contributed by atoms with E-state index in [0.717, 1.165) is 13.1 Å². The standard InChI is InChI=1S/C13H23N3O4/c1-13(2,20)9-14-3-5-15(6-4-14)12(19)16-7-10(8-16)11(17)18/h10,20H,3-9H2,1-2H3,(H,17,18). The first-order valence-corrected chi connectivity index (χ1v) is 6.97. The van der Waals surface area contributed by atoms with Crippen LogP contribution in [-0.2, 0) is 4.79 Å². The van der Waals surface area contributed by atoms with Crippen molar-refractivity contribution in [1.82, 2.24) is 14.7 Å². The molecule has 7 nitrogen and oxygen atoms in total. The zero-order chi connectivity index (χ0) is 14.9. The van der Waals surface area contributed by atoms with Crippen LogP contribution in [0, 0.1) is 5.92 Å². The Morgan fingerprint density at radius 3 is 2.10 bits per heavy atom. The Bertz CT molecular complexity index is 380. The average molecular weight is 285 g/mol. The molecule has 0 atom stereocenters. The maximum Gasteiger partial charge on any atom is 0.320 e. The van der Waals surface area contributed by atoms with E-state index in [1.54, 1.807) is 23.6 Å². The number of aliphatic carboxylic acids is 1. The van der Waals surface area contributed by atoms with Crippen LogP contribution in [0.2, 0.25) is 0 Å². The van der Waals surface area contributed by atoms with Crippen LogP contribution in [0.3, 0.4) is 0 Å². The topological polar surface area (TPSA) is 84.3 Å². The van der Waals surface area contributed by atoms with Gasteiger partial charge in [0.25, 0.3) is 0 Å². The van der Waals surface area contributed by atoms with Crippen LogP contribution in [0.5, 0.6) is 0 Å². The van der Waals surface area contributed by atoms with E-state index in [1.165, 1.54) is 0 Å². The van der Waals surface area contributed by atoms with Crippen molar-refractivity contribution in [3.63, 3.8) is 0 Å². The molecule has 0 aliphatic carbocycles. The van der Waals surface area contributed by atoms with Gasteiger partial charge in [-0.1, -0.05) is 0 Å². The molecule has 2 saturated heterocycles. The first kappa shape index (κ1) is 15.1. The molecule has 20 heavy (non-hydrogen) atoms. The maximum atomic E-state index is 12.1. The quantitative estimate of drug-likeness (QED) is 0.731. The first-order chi connectivity index (χ1) is 9.26. The van der Waals surface area contributed by atoms with Crippen LogP contribution in [0.15, 0.2) is 0 Å². The predicted octanol–water partition coefficient (Wildman–Crippen LogP) is -0.489. The van der Waals surface area contributed by atoms with Gasteiger partial charge in [-0.3, -0.25) is 9.69 Å². The summed E-state index contributed by atoms with van der Waals surface area (Å²) in [6.45, 7) is 7.52. The van der Waals surface area contributed by atoms with Crippen molar-refractivity contribution >= 4 is 12.0 Å². The molecule has 0 unspecified atom stereocenters. The summed E-state index contributed by atoms with van der Waals surface area (Å²) in [6, 6.07) is -0.0644. The molecule has 2 N–H and O–H groups in total. The second-order valence-electron chi connectivity index (χ2n) is 6.30.